The van der Waals surface area contributed by atoms with Crippen molar-refractivity contribution in [1.29, 1.82) is 0 Å². The molecule has 0 radical (unpaired) electrons. The Morgan fingerprint density at radius 3 is 2.50 bits per heavy atom. The highest BCUT2D eigenvalue weighted by atomic mass is 32.2. The van der Waals surface area contributed by atoms with Crippen LogP contribution < -0.4 is 0 Å². The summed E-state index contributed by atoms with van der Waals surface area (Å²) in [6, 6.07) is 0. The summed E-state index contributed by atoms with van der Waals surface area (Å²) in [7, 11) is 0. The summed E-state index contributed by atoms with van der Waals surface area (Å²) in [5, 5.41) is 11.4. The molecule has 1 N–H and O–H groups in total. The molecule has 0 atom stereocenters. The smallest absolute Gasteiger partial charge is 0.0302 e. The molecule has 0 aliphatic carbocycles. The first-order valence-corrected chi connectivity index (χ1v) is 5.39. The molecule has 0 aromatic carbocycles. The van der Waals surface area contributed by atoms with E-state index in [2.05, 4.69) is 12.8 Å². The molecular formula is C6H15N3OS2. The van der Waals surface area contributed by atoms with Crippen LogP contribution in [0.3, 0.4) is 0 Å². The van der Waals surface area contributed by atoms with Gasteiger partial charge in [-0.2, -0.15) is 0 Å². The van der Waals surface area contributed by atoms with Crippen LogP contribution in [0.15, 0.2) is 0 Å². The Morgan fingerprint density at radius 2 is 2.00 bits per heavy atom. The van der Waals surface area contributed by atoms with Crippen molar-refractivity contribution in [1.82, 2.24) is 13.9 Å². The first kappa shape index (κ1) is 10.6. The highest BCUT2D eigenvalue weighted by Gasteiger charge is 2.18. The minimum absolute atomic E-state index is 0.840. The minimum atomic E-state index is 0.840. The Balaban J connectivity index is 2.24. The zero-order valence-electron chi connectivity index (χ0n) is 7.18. The lowest BCUT2D eigenvalue weighted by Gasteiger charge is -2.34. The van der Waals surface area contributed by atoms with E-state index >= 15 is 0 Å². The van der Waals surface area contributed by atoms with Crippen LogP contribution >= 0.6 is 24.8 Å². The van der Waals surface area contributed by atoms with Gasteiger partial charge in [0.15, 0.2) is 0 Å². The average Bonchev–Trinajstić information content (AvgIpc) is 2.06. The summed E-state index contributed by atoms with van der Waals surface area (Å²) >= 11 is 5.63. The van der Waals surface area contributed by atoms with Crippen LogP contribution in [0.25, 0.3) is 0 Å². The molecule has 1 heterocycles. The maximum atomic E-state index is 9.44. The zero-order valence-corrected chi connectivity index (χ0v) is 8.89. The van der Waals surface area contributed by atoms with Gasteiger partial charge in [-0.3, -0.25) is 9.51 Å². The Bertz CT molecular complexity index is 130. The number of hydrogen-bond acceptors (Lipinski definition) is 6. The van der Waals surface area contributed by atoms with Gasteiger partial charge in [0.2, 0.25) is 0 Å². The molecule has 0 unspecified atom stereocenters. The van der Waals surface area contributed by atoms with Crippen molar-refractivity contribution in [2.45, 2.75) is 6.92 Å². The quantitative estimate of drug-likeness (QED) is 0.406. The van der Waals surface area contributed by atoms with Gasteiger partial charge in [0.05, 0.1) is 0 Å². The van der Waals surface area contributed by atoms with Gasteiger partial charge in [0, 0.05) is 31.9 Å². The fourth-order valence-corrected chi connectivity index (χ4v) is 1.79. The third kappa shape index (κ3) is 3.12. The van der Waals surface area contributed by atoms with E-state index in [4.69, 9.17) is 0 Å². The molecule has 1 aliphatic rings. The van der Waals surface area contributed by atoms with E-state index < -0.39 is 0 Å². The normalized spacial score (nSPS) is 22.0. The molecule has 0 amide bonds. The van der Waals surface area contributed by atoms with E-state index in [0.717, 1.165) is 31.9 Å². The molecule has 72 valence electrons. The molecule has 1 aliphatic heterocycles. The third-order valence-electron chi connectivity index (χ3n) is 1.72. The maximum absolute atomic E-state index is 9.44. The molecule has 0 aromatic heterocycles. The van der Waals surface area contributed by atoms with Crippen LogP contribution in [0.1, 0.15) is 6.92 Å². The maximum Gasteiger partial charge on any atom is 0.0302 e. The molecule has 12 heavy (non-hydrogen) atoms. The Labute approximate surface area is 83.1 Å². The molecule has 0 spiro atoms. The summed E-state index contributed by atoms with van der Waals surface area (Å²) in [5.41, 5.74) is 0. The number of hydrazine groups is 1. The Morgan fingerprint density at radius 1 is 1.42 bits per heavy atom. The summed E-state index contributed by atoms with van der Waals surface area (Å²) in [6.45, 7) is 5.48. The second-order valence-corrected chi connectivity index (χ2v) is 4.31. The van der Waals surface area contributed by atoms with E-state index in [1.54, 1.807) is 0 Å². The van der Waals surface area contributed by atoms with Gasteiger partial charge in [-0.05, 0) is 11.9 Å². The van der Waals surface area contributed by atoms with Crippen molar-refractivity contribution in [2.24, 2.45) is 0 Å². The van der Waals surface area contributed by atoms with Gasteiger partial charge in [-0.15, -0.1) is 0 Å². The predicted octanol–water partition coefficient (Wildman–Crippen LogP) is 0.723. The van der Waals surface area contributed by atoms with Crippen LogP contribution in [0.5, 0.6) is 0 Å². The molecule has 4 nitrogen and oxygen atoms in total. The van der Waals surface area contributed by atoms with Crippen molar-refractivity contribution >= 4 is 24.8 Å². The van der Waals surface area contributed by atoms with Crippen LogP contribution in [-0.2, 0) is 0 Å². The van der Waals surface area contributed by atoms with Crippen molar-refractivity contribution < 1.29 is 5.21 Å². The fraction of sp³-hybridized carbons (Fsp3) is 1.00. The average molecular weight is 209 g/mol. The van der Waals surface area contributed by atoms with Gasteiger partial charge in [-0.1, -0.05) is 24.3 Å². The van der Waals surface area contributed by atoms with Crippen LogP contribution in [-0.4, -0.2) is 51.0 Å². The van der Waals surface area contributed by atoms with Gasteiger partial charge in [-0.25, -0.2) is 5.01 Å². The van der Waals surface area contributed by atoms with E-state index in [0.29, 0.717) is 0 Å². The first-order valence-electron chi connectivity index (χ1n) is 4.04. The van der Waals surface area contributed by atoms with Gasteiger partial charge < -0.3 is 0 Å². The summed E-state index contributed by atoms with van der Waals surface area (Å²) < 4.78 is 3.20. The number of hydrogen-bond donors (Lipinski definition) is 2. The van der Waals surface area contributed by atoms with Crippen molar-refractivity contribution in [3.63, 3.8) is 0 Å². The molecule has 1 fully saturated rings. The lowest BCUT2D eigenvalue weighted by atomic mass is 10.4. The lowest BCUT2D eigenvalue weighted by molar-refractivity contribution is -0.165. The second-order valence-electron chi connectivity index (χ2n) is 2.58. The van der Waals surface area contributed by atoms with Gasteiger partial charge in [0.25, 0.3) is 0 Å². The van der Waals surface area contributed by atoms with E-state index in [-0.39, 0.29) is 0 Å². The topological polar surface area (TPSA) is 30.0 Å². The van der Waals surface area contributed by atoms with Gasteiger partial charge in [0.1, 0.15) is 0 Å². The third-order valence-corrected chi connectivity index (χ3v) is 2.84. The number of thiol groups is 1. The minimum Gasteiger partial charge on any atom is -0.289 e. The second kappa shape index (κ2) is 5.31. The SMILES string of the molecule is CCSN(O)N1CCN(S)CC1. The van der Waals surface area contributed by atoms with E-state index in [1.807, 2.05) is 16.2 Å². The molecular weight excluding hydrogens is 194 g/mol. The fourth-order valence-electron chi connectivity index (χ4n) is 1.05. The number of piperazine rings is 1. The molecule has 0 aromatic rings. The highest BCUT2D eigenvalue weighted by Crippen LogP contribution is 2.12. The van der Waals surface area contributed by atoms with Crippen LogP contribution in [0.4, 0.5) is 0 Å². The summed E-state index contributed by atoms with van der Waals surface area (Å²) in [5.74, 6) is 0.886. The van der Waals surface area contributed by atoms with E-state index in [1.165, 1.54) is 16.5 Å². The molecule has 0 bridgehead atoms. The standard InChI is InChI=1S/C6H15N3OS2/c1-2-12-9(10)7-3-5-8(11)6-4-7/h10-11H,2-6H2,1H3. The van der Waals surface area contributed by atoms with Gasteiger partial charge >= 0.3 is 0 Å². The lowest BCUT2D eigenvalue weighted by Crippen LogP contribution is -2.48. The zero-order chi connectivity index (χ0) is 8.97. The van der Waals surface area contributed by atoms with E-state index in [9.17, 15) is 5.21 Å². The first-order chi connectivity index (χ1) is 5.74. The van der Waals surface area contributed by atoms with Crippen LogP contribution in [0, 0.1) is 0 Å². The molecule has 0 saturated carbocycles. The Hall–Kier alpha value is 0.540. The molecule has 6 heteroatoms. The van der Waals surface area contributed by atoms with Crippen molar-refractivity contribution in [3.05, 3.63) is 0 Å². The monoisotopic (exact) mass is 209 g/mol. The molecule has 1 saturated heterocycles. The van der Waals surface area contributed by atoms with Crippen molar-refractivity contribution in [2.75, 3.05) is 31.9 Å². The summed E-state index contributed by atoms with van der Waals surface area (Å²) in [4.78, 5) is 0. The molecule has 1 rings (SSSR count). The Kier molecular flexibility index (Phi) is 4.70. The largest absolute Gasteiger partial charge is 0.289 e. The predicted molar refractivity (Wildman–Crippen MR) is 53.9 cm³/mol. The van der Waals surface area contributed by atoms with Crippen LogP contribution in [0.2, 0.25) is 0 Å². The summed E-state index contributed by atoms with van der Waals surface area (Å²) in [6.07, 6.45) is 0. The van der Waals surface area contributed by atoms with Crippen molar-refractivity contribution in [3.8, 4) is 0 Å². The number of rotatable bonds is 3. The number of nitrogens with zero attached hydrogens (tertiary/aromatic N) is 3. The highest BCUT2D eigenvalue weighted by molar-refractivity contribution is 7.96.